The summed E-state index contributed by atoms with van der Waals surface area (Å²) in [4.78, 5) is 40.5. The minimum atomic E-state index is -0.253. The van der Waals surface area contributed by atoms with Gasteiger partial charge in [-0.3, -0.25) is 14.5 Å². The van der Waals surface area contributed by atoms with Crippen molar-refractivity contribution in [2.45, 2.75) is 25.8 Å². The fourth-order valence-corrected chi connectivity index (χ4v) is 3.26. The Labute approximate surface area is 175 Å². The molecule has 10 heteroatoms. The molecule has 0 radical (unpaired) electrons. The number of hydrogen-bond donors (Lipinski definition) is 2. The third-order valence-corrected chi connectivity index (χ3v) is 4.99. The average Bonchev–Trinajstić information content (AvgIpc) is 2.76. The highest BCUT2D eigenvalue weighted by Gasteiger charge is 2.26. The van der Waals surface area contributed by atoms with Gasteiger partial charge in [-0.15, -0.1) is 0 Å². The maximum absolute atomic E-state index is 12.0. The molecule has 10 nitrogen and oxygen atoms in total. The molecule has 0 aromatic carbocycles. The fourth-order valence-electron chi connectivity index (χ4n) is 3.26. The van der Waals surface area contributed by atoms with E-state index in [4.69, 9.17) is 4.74 Å². The SMILES string of the molecule is CNC(=O)c1cc(C)c(Nc2ncc(N(C)C)c(N(C=O)C3CCOCC3)n2)cn1. The number of nitrogens with zero attached hydrogens (tertiary/aromatic N) is 5. The average molecular weight is 413 g/mol. The van der Waals surface area contributed by atoms with E-state index in [0.717, 1.165) is 30.5 Å². The summed E-state index contributed by atoms with van der Waals surface area (Å²) >= 11 is 0. The molecule has 1 aliphatic heterocycles. The molecule has 3 heterocycles. The maximum Gasteiger partial charge on any atom is 0.269 e. The van der Waals surface area contributed by atoms with Crippen LogP contribution in [0.25, 0.3) is 0 Å². The number of anilines is 4. The summed E-state index contributed by atoms with van der Waals surface area (Å²) in [6.45, 7) is 3.10. The van der Waals surface area contributed by atoms with Gasteiger partial charge in [-0.25, -0.2) is 9.97 Å². The van der Waals surface area contributed by atoms with Gasteiger partial charge in [0, 0.05) is 40.4 Å². The van der Waals surface area contributed by atoms with Gasteiger partial charge >= 0.3 is 0 Å². The van der Waals surface area contributed by atoms with E-state index < -0.39 is 0 Å². The van der Waals surface area contributed by atoms with Crippen LogP contribution in [0.5, 0.6) is 0 Å². The summed E-state index contributed by atoms with van der Waals surface area (Å²) in [5.41, 5.74) is 2.57. The lowest BCUT2D eigenvalue weighted by Crippen LogP contribution is -2.40. The Morgan fingerprint density at radius 3 is 2.57 bits per heavy atom. The number of hydrogen-bond acceptors (Lipinski definition) is 8. The van der Waals surface area contributed by atoms with Crippen molar-refractivity contribution in [3.05, 3.63) is 29.7 Å². The molecule has 0 unspecified atom stereocenters. The van der Waals surface area contributed by atoms with E-state index in [-0.39, 0.29) is 11.9 Å². The summed E-state index contributed by atoms with van der Waals surface area (Å²) in [6.07, 6.45) is 5.58. The minimum absolute atomic E-state index is 0.0212. The summed E-state index contributed by atoms with van der Waals surface area (Å²) in [5, 5.41) is 5.70. The molecule has 160 valence electrons. The van der Waals surface area contributed by atoms with E-state index in [1.807, 2.05) is 25.9 Å². The number of rotatable bonds is 7. The summed E-state index contributed by atoms with van der Waals surface area (Å²) in [5.74, 6) is 0.621. The Morgan fingerprint density at radius 1 is 1.23 bits per heavy atom. The Kier molecular flexibility index (Phi) is 6.78. The van der Waals surface area contributed by atoms with Crippen LogP contribution in [0.3, 0.4) is 0 Å². The number of aromatic nitrogens is 3. The van der Waals surface area contributed by atoms with Gasteiger partial charge < -0.3 is 20.3 Å². The van der Waals surface area contributed by atoms with E-state index in [9.17, 15) is 9.59 Å². The first-order chi connectivity index (χ1) is 14.4. The number of nitrogens with one attached hydrogen (secondary N) is 2. The first kappa shape index (κ1) is 21.4. The second-order valence-corrected chi connectivity index (χ2v) is 7.24. The molecule has 2 amide bonds. The van der Waals surface area contributed by atoms with Crippen LogP contribution in [0, 0.1) is 6.92 Å². The van der Waals surface area contributed by atoms with E-state index in [0.29, 0.717) is 36.4 Å². The fraction of sp³-hybridized carbons (Fsp3) is 0.450. The second-order valence-electron chi connectivity index (χ2n) is 7.24. The van der Waals surface area contributed by atoms with Crippen LogP contribution in [0.1, 0.15) is 28.9 Å². The van der Waals surface area contributed by atoms with Gasteiger partial charge in [0.25, 0.3) is 5.91 Å². The van der Waals surface area contributed by atoms with Gasteiger partial charge in [-0.2, -0.15) is 4.98 Å². The van der Waals surface area contributed by atoms with Gasteiger partial charge in [0.15, 0.2) is 5.82 Å². The molecular formula is C20H27N7O3. The van der Waals surface area contributed by atoms with Crippen LogP contribution in [0.4, 0.5) is 23.1 Å². The lowest BCUT2D eigenvalue weighted by Gasteiger charge is -2.32. The molecular weight excluding hydrogens is 386 g/mol. The summed E-state index contributed by atoms with van der Waals surface area (Å²) < 4.78 is 5.42. The summed E-state index contributed by atoms with van der Waals surface area (Å²) in [6, 6.07) is 1.71. The maximum atomic E-state index is 12.0. The number of ether oxygens (including phenoxy) is 1. The van der Waals surface area contributed by atoms with E-state index >= 15 is 0 Å². The molecule has 1 saturated heterocycles. The molecule has 2 aromatic heterocycles. The molecule has 1 aliphatic rings. The van der Waals surface area contributed by atoms with Crippen molar-refractivity contribution >= 4 is 35.5 Å². The second kappa shape index (κ2) is 9.49. The smallest absolute Gasteiger partial charge is 0.269 e. The molecule has 0 spiro atoms. The number of aryl methyl sites for hydroxylation is 1. The largest absolute Gasteiger partial charge is 0.381 e. The highest BCUT2D eigenvalue weighted by Crippen LogP contribution is 2.30. The molecule has 3 rings (SSSR count). The van der Waals surface area contributed by atoms with Gasteiger partial charge in [0.05, 0.1) is 23.8 Å². The predicted molar refractivity (Wildman–Crippen MR) is 114 cm³/mol. The van der Waals surface area contributed by atoms with Crippen LogP contribution in [0.2, 0.25) is 0 Å². The van der Waals surface area contributed by atoms with E-state index in [1.165, 1.54) is 0 Å². The standard InChI is InChI=1S/C20H27N7O3/c1-13-9-15(19(29)21-2)22-10-16(13)24-20-23-11-17(26(3)4)18(25-20)27(12-28)14-5-7-30-8-6-14/h9-12,14H,5-8H2,1-4H3,(H,21,29)(H,23,24,25). The molecule has 2 aromatic rings. The zero-order valence-electron chi connectivity index (χ0n) is 17.7. The normalized spacial score (nSPS) is 14.1. The van der Waals surface area contributed by atoms with Gasteiger partial charge in [0.1, 0.15) is 5.69 Å². The zero-order valence-corrected chi connectivity index (χ0v) is 17.7. The number of pyridine rings is 1. The summed E-state index contributed by atoms with van der Waals surface area (Å²) in [7, 11) is 5.33. The van der Waals surface area contributed by atoms with Crippen molar-refractivity contribution in [1.82, 2.24) is 20.3 Å². The zero-order chi connectivity index (χ0) is 21.7. The van der Waals surface area contributed by atoms with E-state index in [2.05, 4.69) is 25.6 Å². The predicted octanol–water partition coefficient (Wildman–Crippen LogP) is 1.49. The molecule has 0 bridgehead atoms. The van der Waals surface area contributed by atoms with Crippen molar-refractivity contribution in [2.24, 2.45) is 0 Å². The van der Waals surface area contributed by atoms with Crippen molar-refractivity contribution in [3.8, 4) is 0 Å². The number of carbonyl (C=O) groups excluding carboxylic acids is 2. The topological polar surface area (TPSA) is 113 Å². The Hall–Kier alpha value is -3.27. The minimum Gasteiger partial charge on any atom is -0.381 e. The highest BCUT2D eigenvalue weighted by molar-refractivity contribution is 5.92. The molecule has 30 heavy (non-hydrogen) atoms. The number of amides is 2. The van der Waals surface area contributed by atoms with Crippen LogP contribution in [-0.2, 0) is 9.53 Å². The first-order valence-electron chi connectivity index (χ1n) is 9.76. The lowest BCUT2D eigenvalue weighted by molar-refractivity contribution is -0.108. The molecule has 0 saturated carbocycles. The van der Waals surface area contributed by atoms with E-state index in [1.54, 1.807) is 30.4 Å². The quantitative estimate of drug-likeness (QED) is 0.657. The first-order valence-corrected chi connectivity index (χ1v) is 9.76. The van der Waals surface area contributed by atoms with Gasteiger partial charge in [0.2, 0.25) is 12.4 Å². The molecule has 2 N–H and O–H groups in total. The molecule has 0 atom stereocenters. The van der Waals surface area contributed by atoms with Crippen molar-refractivity contribution < 1.29 is 14.3 Å². The van der Waals surface area contributed by atoms with Crippen molar-refractivity contribution in [1.29, 1.82) is 0 Å². The monoisotopic (exact) mass is 413 g/mol. The van der Waals surface area contributed by atoms with Crippen LogP contribution in [0.15, 0.2) is 18.5 Å². The Balaban J connectivity index is 1.92. The highest BCUT2D eigenvalue weighted by atomic mass is 16.5. The van der Waals surface area contributed by atoms with Gasteiger partial charge in [-0.1, -0.05) is 0 Å². The van der Waals surface area contributed by atoms with Crippen molar-refractivity contribution in [2.75, 3.05) is 49.5 Å². The molecule has 0 aliphatic carbocycles. The Morgan fingerprint density at radius 2 is 1.97 bits per heavy atom. The van der Waals surface area contributed by atoms with Crippen LogP contribution < -0.4 is 20.4 Å². The van der Waals surface area contributed by atoms with Crippen LogP contribution in [-0.4, -0.2) is 67.7 Å². The Bertz CT molecular complexity index is 913. The van der Waals surface area contributed by atoms with Crippen LogP contribution >= 0.6 is 0 Å². The van der Waals surface area contributed by atoms with Crippen molar-refractivity contribution in [3.63, 3.8) is 0 Å². The molecule has 1 fully saturated rings. The van der Waals surface area contributed by atoms with Gasteiger partial charge in [-0.05, 0) is 31.4 Å². The number of carbonyl (C=O) groups is 2. The third kappa shape index (κ3) is 4.65. The lowest BCUT2D eigenvalue weighted by atomic mass is 10.1. The third-order valence-electron chi connectivity index (χ3n) is 4.99.